The largest absolute Gasteiger partial charge is 0.349 e. The molecule has 0 aliphatic carbocycles. The van der Waals surface area contributed by atoms with Gasteiger partial charge in [0.25, 0.3) is 5.91 Å². The van der Waals surface area contributed by atoms with Crippen LogP contribution in [0.15, 0.2) is 30.3 Å². The van der Waals surface area contributed by atoms with Gasteiger partial charge in [0.1, 0.15) is 0 Å². The molecule has 0 atom stereocenters. The van der Waals surface area contributed by atoms with E-state index in [1.54, 1.807) is 6.92 Å². The predicted molar refractivity (Wildman–Crippen MR) is 63.0 cm³/mol. The summed E-state index contributed by atoms with van der Waals surface area (Å²) in [6.45, 7) is 2.21. The maximum atomic E-state index is 11.5. The Kier molecular flexibility index (Phi) is 4.43. The van der Waals surface area contributed by atoms with Crippen LogP contribution in [0.25, 0.3) is 0 Å². The first-order valence-corrected chi connectivity index (χ1v) is 5.52. The number of hydrogen-bond acceptors (Lipinski definition) is 1. The summed E-state index contributed by atoms with van der Waals surface area (Å²) >= 11 is 11.6. The zero-order chi connectivity index (χ0) is 11.3. The minimum Gasteiger partial charge on any atom is -0.349 e. The van der Waals surface area contributed by atoms with Gasteiger partial charge in [-0.1, -0.05) is 60.5 Å². The summed E-state index contributed by atoms with van der Waals surface area (Å²) in [7, 11) is 0. The number of carbonyl (C=O) groups is 1. The van der Waals surface area contributed by atoms with Crippen molar-refractivity contribution in [2.24, 2.45) is 0 Å². The number of amides is 1. The van der Waals surface area contributed by atoms with Crippen molar-refractivity contribution in [2.45, 2.75) is 24.2 Å². The summed E-state index contributed by atoms with van der Waals surface area (Å²) in [6, 6.07) is 9.60. The summed E-state index contributed by atoms with van der Waals surface area (Å²) < 4.78 is -1.32. The first-order chi connectivity index (χ1) is 7.06. The molecule has 1 N–H and O–H groups in total. The smallest absolute Gasteiger partial charge is 0.256 e. The van der Waals surface area contributed by atoms with E-state index in [0.717, 1.165) is 5.56 Å². The quantitative estimate of drug-likeness (QED) is 0.813. The van der Waals surface area contributed by atoms with E-state index in [0.29, 0.717) is 13.0 Å². The minimum absolute atomic E-state index is 0.350. The zero-order valence-corrected chi connectivity index (χ0v) is 9.98. The van der Waals surface area contributed by atoms with Gasteiger partial charge in [0.05, 0.1) is 0 Å². The molecule has 0 radical (unpaired) electrons. The van der Waals surface area contributed by atoms with Gasteiger partial charge in [-0.25, -0.2) is 0 Å². The summed E-state index contributed by atoms with van der Waals surface area (Å²) in [5.74, 6) is -0.350. The summed E-state index contributed by atoms with van der Waals surface area (Å²) in [5.41, 5.74) is 1.02. The van der Waals surface area contributed by atoms with Gasteiger partial charge in [-0.05, 0) is 12.0 Å². The molecule has 15 heavy (non-hydrogen) atoms. The van der Waals surface area contributed by atoms with Crippen molar-refractivity contribution >= 4 is 29.1 Å². The van der Waals surface area contributed by atoms with Gasteiger partial charge in [0.2, 0.25) is 0 Å². The molecule has 0 unspecified atom stereocenters. The molecule has 0 spiro atoms. The van der Waals surface area contributed by atoms with Gasteiger partial charge in [0.15, 0.2) is 4.33 Å². The lowest BCUT2D eigenvalue weighted by Crippen LogP contribution is -2.37. The van der Waals surface area contributed by atoms with Crippen LogP contribution in [0.3, 0.4) is 0 Å². The molecule has 0 heterocycles. The SMILES string of the molecule is CCC(Cl)(Cl)C(=O)NCc1ccccc1. The second-order valence-corrected chi connectivity index (χ2v) is 4.71. The minimum atomic E-state index is -1.32. The Labute approximate surface area is 99.6 Å². The molecular weight excluding hydrogens is 233 g/mol. The Balaban J connectivity index is 2.48. The molecule has 0 aliphatic heterocycles. The fourth-order valence-corrected chi connectivity index (χ4v) is 1.20. The van der Waals surface area contributed by atoms with E-state index in [4.69, 9.17) is 23.2 Å². The van der Waals surface area contributed by atoms with Gasteiger partial charge in [-0.3, -0.25) is 4.79 Å². The Hall–Kier alpha value is -0.730. The second-order valence-electron chi connectivity index (χ2n) is 3.23. The average molecular weight is 246 g/mol. The van der Waals surface area contributed by atoms with Gasteiger partial charge < -0.3 is 5.32 Å². The van der Waals surface area contributed by atoms with Crippen LogP contribution in [-0.4, -0.2) is 10.2 Å². The highest BCUT2D eigenvalue weighted by Crippen LogP contribution is 2.24. The highest BCUT2D eigenvalue weighted by atomic mass is 35.5. The summed E-state index contributed by atoms with van der Waals surface area (Å²) in [5, 5.41) is 2.69. The standard InChI is InChI=1S/C11H13Cl2NO/c1-2-11(12,13)10(15)14-8-9-6-4-3-5-7-9/h3-7H,2,8H2,1H3,(H,14,15). The first kappa shape index (κ1) is 12.3. The lowest BCUT2D eigenvalue weighted by Gasteiger charge is -2.16. The molecule has 4 heteroatoms. The van der Waals surface area contributed by atoms with Crippen molar-refractivity contribution in [1.29, 1.82) is 0 Å². The van der Waals surface area contributed by atoms with Crippen LogP contribution in [0.4, 0.5) is 0 Å². The molecule has 0 fully saturated rings. The Morgan fingerprint density at radius 2 is 1.93 bits per heavy atom. The van der Waals surface area contributed by atoms with E-state index in [1.165, 1.54) is 0 Å². The molecule has 0 aromatic heterocycles. The number of halogens is 2. The van der Waals surface area contributed by atoms with E-state index in [1.807, 2.05) is 30.3 Å². The highest BCUT2D eigenvalue weighted by Gasteiger charge is 2.30. The number of alkyl halides is 2. The van der Waals surface area contributed by atoms with E-state index in [2.05, 4.69) is 5.32 Å². The molecule has 2 nitrogen and oxygen atoms in total. The Morgan fingerprint density at radius 1 is 1.33 bits per heavy atom. The fourth-order valence-electron chi connectivity index (χ4n) is 1.07. The van der Waals surface area contributed by atoms with Crippen LogP contribution in [0, 0.1) is 0 Å². The van der Waals surface area contributed by atoms with Crippen LogP contribution in [-0.2, 0) is 11.3 Å². The molecule has 0 saturated heterocycles. The molecule has 0 aliphatic rings. The van der Waals surface area contributed by atoms with Gasteiger partial charge in [-0.15, -0.1) is 0 Å². The van der Waals surface area contributed by atoms with Crippen molar-refractivity contribution in [3.05, 3.63) is 35.9 Å². The molecule has 0 saturated carbocycles. The average Bonchev–Trinajstić information content (AvgIpc) is 2.27. The van der Waals surface area contributed by atoms with Crippen LogP contribution < -0.4 is 5.32 Å². The van der Waals surface area contributed by atoms with Crippen LogP contribution in [0.2, 0.25) is 0 Å². The molecular formula is C11H13Cl2NO. The molecule has 1 amide bonds. The zero-order valence-electron chi connectivity index (χ0n) is 8.47. The van der Waals surface area contributed by atoms with E-state index < -0.39 is 4.33 Å². The Morgan fingerprint density at radius 3 is 2.47 bits per heavy atom. The van der Waals surface area contributed by atoms with Crippen molar-refractivity contribution in [1.82, 2.24) is 5.32 Å². The predicted octanol–water partition coefficient (Wildman–Crippen LogP) is 2.89. The van der Waals surface area contributed by atoms with E-state index in [-0.39, 0.29) is 5.91 Å². The number of carbonyl (C=O) groups excluding carboxylic acids is 1. The first-order valence-electron chi connectivity index (χ1n) is 4.76. The van der Waals surface area contributed by atoms with Gasteiger partial charge >= 0.3 is 0 Å². The van der Waals surface area contributed by atoms with Gasteiger partial charge in [-0.2, -0.15) is 0 Å². The third-order valence-corrected chi connectivity index (χ3v) is 2.95. The number of hydrogen-bond donors (Lipinski definition) is 1. The van der Waals surface area contributed by atoms with Crippen molar-refractivity contribution in [3.63, 3.8) is 0 Å². The monoisotopic (exact) mass is 245 g/mol. The van der Waals surface area contributed by atoms with Crippen LogP contribution >= 0.6 is 23.2 Å². The number of nitrogens with one attached hydrogen (secondary N) is 1. The highest BCUT2D eigenvalue weighted by molar-refractivity contribution is 6.58. The molecule has 0 bridgehead atoms. The maximum absolute atomic E-state index is 11.5. The number of benzene rings is 1. The van der Waals surface area contributed by atoms with E-state index in [9.17, 15) is 4.79 Å². The third kappa shape index (κ3) is 3.73. The molecule has 1 aromatic rings. The van der Waals surface area contributed by atoms with Crippen molar-refractivity contribution in [3.8, 4) is 0 Å². The molecule has 1 rings (SSSR count). The number of rotatable bonds is 4. The second kappa shape index (κ2) is 5.38. The lowest BCUT2D eigenvalue weighted by molar-refractivity contribution is -0.121. The molecule has 1 aromatic carbocycles. The summed E-state index contributed by atoms with van der Waals surface area (Å²) in [6.07, 6.45) is 0.386. The van der Waals surface area contributed by atoms with Gasteiger partial charge in [0, 0.05) is 6.54 Å². The fraction of sp³-hybridized carbons (Fsp3) is 0.364. The topological polar surface area (TPSA) is 29.1 Å². The summed E-state index contributed by atoms with van der Waals surface area (Å²) in [4.78, 5) is 11.5. The maximum Gasteiger partial charge on any atom is 0.256 e. The normalized spacial score (nSPS) is 11.1. The van der Waals surface area contributed by atoms with Crippen molar-refractivity contribution < 1.29 is 4.79 Å². The van der Waals surface area contributed by atoms with Crippen molar-refractivity contribution in [2.75, 3.05) is 0 Å². The lowest BCUT2D eigenvalue weighted by atomic mass is 10.2. The van der Waals surface area contributed by atoms with Crippen LogP contribution in [0.5, 0.6) is 0 Å². The van der Waals surface area contributed by atoms with E-state index >= 15 is 0 Å². The molecule has 82 valence electrons. The third-order valence-electron chi connectivity index (χ3n) is 2.07. The van der Waals surface area contributed by atoms with Crippen LogP contribution in [0.1, 0.15) is 18.9 Å². The Bertz CT molecular complexity index is 325.